The van der Waals surface area contributed by atoms with Gasteiger partial charge in [-0.05, 0) is 36.2 Å². The minimum absolute atomic E-state index is 0.0330. The van der Waals surface area contributed by atoms with E-state index in [1.807, 2.05) is 60.7 Å². The summed E-state index contributed by atoms with van der Waals surface area (Å²) >= 11 is 0. The molecule has 2 N–H and O–H groups in total. The highest BCUT2D eigenvalue weighted by molar-refractivity contribution is 6.99. The smallest absolute Gasteiger partial charge is 0.408 e. The van der Waals surface area contributed by atoms with Gasteiger partial charge in [0.2, 0.25) is 5.91 Å². The first-order chi connectivity index (χ1) is 17.8. The number of amides is 2. The molecule has 0 saturated carbocycles. The molecule has 9 heteroatoms. The van der Waals surface area contributed by atoms with E-state index in [0.29, 0.717) is 0 Å². The van der Waals surface area contributed by atoms with Crippen molar-refractivity contribution in [3.63, 3.8) is 0 Å². The van der Waals surface area contributed by atoms with Crippen molar-refractivity contribution >= 4 is 36.7 Å². The molecule has 0 fully saturated rings. The molecule has 0 aliphatic heterocycles. The lowest BCUT2D eigenvalue weighted by Gasteiger charge is -2.43. The van der Waals surface area contributed by atoms with Crippen molar-refractivity contribution in [2.24, 2.45) is 0 Å². The van der Waals surface area contributed by atoms with Crippen molar-refractivity contribution in [3.05, 3.63) is 73.3 Å². The number of ether oxygens (including phenoxy) is 2. The van der Waals surface area contributed by atoms with Crippen molar-refractivity contribution in [1.29, 1.82) is 0 Å². The van der Waals surface area contributed by atoms with Crippen LogP contribution in [0.3, 0.4) is 0 Å². The lowest BCUT2D eigenvalue weighted by molar-refractivity contribution is -0.143. The molecule has 0 radical (unpaired) electrons. The average Bonchev–Trinajstić information content (AvgIpc) is 2.85. The second-order valence-electron chi connectivity index (χ2n) is 10.9. The van der Waals surface area contributed by atoms with Crippen LogP contribution in [0, 0.1) is 0 Å². The van der Waals surface area contributed by atoms with Crippen molar-refractivity contribution in [1.82, 2.24) is 10.6 Å². The maximum atomic E-state index is 13.2. The molecule has 0 saturated heterocycles. The van der Waals surface area contributed by atoms with Gasteiger partial charge in [-0.15, -0.1) is 0 Å². The van der Waals surface area contributed by atoms with Gasteiger partial charge in [0.05, 0.1) is 6.61 Å². The molecule has 2 aromatic rings. The van der Waals surface area contributed by atoms with Crippen LogP contribution < -0.4 is 21.0 Å². The molecule has 8 nitrogen and oxygen atoms in total. The number of rotatable bonds is 11. The largest absolute Gasteiger partial charge is 0.460 e. The molecule has 2 rings (SSSR count). The first-order valence-corrected chi connectivity index (χ1v) is 14.5. The molecule has 0 bridgehead atoms. The zero-order valence-corrected chi connectivity index (χ0v) is 24.2. The van der Waals surface area contributed by atoms with Gasteiger partial charge >= 0.3 is 12.1 Å². The van der Waals surface area contributed by atoms with Gasteiger partial charge in [0.15, 0.2) is 0 Å². The summed E-state index contributed by atoms with van der Waals surface area (Å²) in [4.78, 5) is 37.8. The van der Waals surface area contributed by atoms with E-state index >= 15 is 0 Å². The Balaban J connectivity index is 2.42. The Labute approximate surface area is 226 Å². The maximum absolute atomic E-state index is 13.2. The summed E-state index contributed by atoms with van der Waals surface area (Å²) in [6, 6.07) is 18.8. The van der Waals surface area contributed by atoms with Crippen LogP contribution in [0.25, 0.3) is 0 Å². The van der Waals surface area contributed by atoms with Gasteiger partial charge in [-0.2, -0.15) is 0 Å². The van der Waals surface area contributed by atoms with Crippen LogP contribution in [-0.2, 0) is 23.5 Å². The molecule has 38 heavy (non-hydrogen) atoms. The Kier molecular flexibility index (Phi) is 10.8. The van der Waals surface area contributed by atoms with E-state index in [9.17, 15) is 14.4 Å². The summed E-state index contributed by atoms with van der Waals surface area (Å²) in [6.07, 6.45) is 0.669. The third-order valence-electron chi connectivity index (χ3n) is 5.66. The van der Waals surface area contributed by atoms with E-state index in [-0.39, 0.29) is 24.8 Å². The predicted molar refractivity (Wildman–Crippen MR) is 151 cm³/mol. The molecule has 2 aromatic carbocycles. The monoisotopic (exact) mass is 540 g/mol. The molecule has 0 unspecified atom stereocenters. The predicted octanol–water partition coefficient (Wildman–Crippen LogP) is 3.30. The highest BCUT2D eigenvalue weighted by Crippen LogP contribution is 2.36. The van der Waals surface area contributed by atoms with Gasteiger partial charge in [-0.25, -0.2) is 4.79 Å². The second-order valence-corrected chi connectivity index (χ2v) is 15.2. The number of carbonyl (C=O) groups is 3. The standard InChI is InChI=1S/C29H40N2O6Si/c1-8-19-35-25(32)20-30-26(33)24(31-27(34)37-28(2,3)4)21-36-38(29(5,6)7,22-15-11-9-12-16-22)23-17-13-10-14-18-23/h8-18,24H,1,19-21H2,2-7H3,(H,30,33)(H,31,34)/t24-/m1/s1. The molecule has 0 heterocycles. The van der Waals surface area contributed by atoms with E-state index in [4.69, 9.17) is 13.9 Å². The Morgan fingerprint density at radius 1 is 0.921 bits per heavy atom. The zero-order chi connectivity index (χ0) is 28.4. The molecule has 0 aliphatic carbocycles. The fraction of sp³-hybridized carbons (Fsp3) is 0.414. The molecule has 206 valence electrons. The molecule has 2 amide bonds. The van der Waals surface area contributed by atoms with Crippen molar-refractivity contribution in [3.8, 4) is 0 Å². The summed E-state index contributed by atoms with van der Waals surface area (Å²) in [5, 5.41) is 6.88. The lowest BCUT2D eigenvalue weighted by atomic mass is 10.2. The zero-order valence-electron chi connectivity index (χ0n) is 23.2. The van der Waals surface area contributed by atoms with E-state index < -0.39 is 37.9 Å². The Morgan fingerprint density at radius 3 is 1.89 bits per heavy atom. The van der Waals surface area contributed by atoms with Crippen LogP contribution in [0.1, 0.15) is 41.5 Å². The van der Waals surface area contributed by atoms with Gasteiger partial charge < -0.3 is 24.5 Å². The van der Waals surface area contributed by atoms with Crippen LogP contribution in [0.5, 0.6) is 0 Å². The van der Waals surface area contributed by atoms with Gasteiger partial charge in [0.25, 0.3) is 8.32 Å². The number of hydrogen-bond acceptors (Lipinski definition) is 6. The fourth-order valence-electron chi connectivity index (χ4n) is 4.09. The quantitative estimate of drug-likeness (QED) is 0.258. The number of benzene rings is 2. The topological polar surface area (TPSA) is 103 Å². The van der Waals surface area contributed by atoms with Crippen LogP contribution in [0.4, 0.5) is 4.79 Å². The van der Waals surface area contributed by atoms with Crippen LogP contribution in [0.2, 0.25) is 5.04 Å². The summed E-state index contributed by atoms with van der Waals surface area (Å²) in [6.45, 7) is 14.6. The summed E-state index contributed by atoms with van der Waals surface area (Å²) in [5.41, 5.74) is -0.765. The number of carbonyl (C=O) groups excluding carboxylic acids is 3. The van der Waals surface area contributed by atoms with Crippen LogP contribution in [-0.4, -0.2) is 57.7 Å². The van der Waals surface area contributed by atoms with E-state index in [0.717, 1.165) is 10.4 Å². The summed E-state index contributed by atoms with van der Waals surface area (Å²) in [5.74, 6) is -1.22. The highest BCUT2D eigenvalue weighted by atomic mass is 28.4. The van der Waals surface area contributed by atoms with Crippen LogP contribution >= 0.6 is 0 Å². The van der Waals surface area contributed by atoms with E-state index in [2.05, 4.69) is 38.0 Å². The van der Waals surface area contributed by atoms with Crippen molar-refractivity contribution < 1.29 is 28.3 Å². The number of alkyl carbamates (subject to hydrolysis) is 1. The maximum Gasteiger partial charge on any atom is 0.408 e. The van der Waals surface area contributed by atoms with Gasteiger partial charge in [-0.1, -0.05) is 94.1 Å². The number of esters is 1. The molecular formula is C29H40N2O6Si. The minimum atomic E-state index is -2.99. The van der Waals surface area contributed by atoms with E-state index in [1.54, 1.807) is 20.8 Å². The fourth-order valence-corrected chi connectivity index (χ4v) is 8.66. The minimum Gasteiger partial charge on any atom is -0.460 e. The Morgan fingerprint density at radius 2 is 1.45 bits per heavy atom. The van der Waals surface area contributed by atoms with Gasteiger partial charge in [-0.3, -0.25) is 9.59 Å². The first kappa shape index (κ1) is 30.8. The van der Waals surface area contributed by atoms with Gasteiger partial charge in [0.1, 0.15) is 24.8 Å². The van der Waals surface area contributed by atoms with Crippen molar-refractivity contribution in [2.45, 2.75) is 58.2 Å². The number of nitrogens with one attached hydrogen (secondary N) is 2. The molecule has 0 aromatic heterocycles. The second kappa shape index (κ2) is 13.4. The van der Waals surface area contributed by atoms with Gasteiger partial charge in [0, 0.05) is 0 Å². The molecule has 0 spiro atoms. The molecular weight excluding hydrogens is 500 g/mol. The van der Waals surface area contributed by atoms with Crippen molar-refractivity contribution in [2.75, 3.05) is 19.8 Å². The third kappa shape index (κ3) is 8.56. The molecule has 1 atom stereocenters. The number of hydrogen-bond donors (Lipinski definition) is 2. The lowest BCUT2D eigenvalue weighted by Crippen LogP contribution is -2.68. The normalized spacial score (nSPS) is 12.7. The molecule has 0 aliphatic rings. The Hall–Kier alpha value is -3.43. The average molecular weight is 541 g/mol. The first-order valence-electron chi connectivity index (χ1n) is 12.6. The third-order valence-corrected chi connectivity index (χ3v) is 10.7. The van der Waals surface area contributed by atoms with E-state index in [1.165, 1.54) is 6.08 Å². The summed E-state index contributed by atoms with van der Waals surface area (Å²) < 4.78 is 17.2. The van der Waals surface area contributed by atoms with Crippen LogP contribution in [0.15, 0.2) is 73.3 Å². The SMILES string of the molecule is C=CCOC(=O)CNC(=O)[C@@H](CO[Si](c1ccccc1)(c1ccccc1)C(C)(C)C)NC(=O)OC(C)(C)C. The summed E-state index contributed by atoms with van der Waals surface area (Å²) in [7, 11) is -2.99. The highest BCUT2D eigenvalue weighted by Gasteiger charge is 2.50. The Bertz CT molecular complexity index is 1040.